The van der Waals surface area contributed by atoms with Crippen molar-refractivity contribution in [3.05, 3.63) is 23.8 Å². The summed E-state index contributed by atoms with van der Waals surface area (Å²) < 4.78 is 28.3. The number of rotatable bonds is 3. The van der Waals surface area contributed by atoms with E-state index in [1.54, 1.807) is 12.1 Å². The van der Waals surface area contributed by atoms with Crippen LogP contribution in [0.1, 0.15) is 37.7 Å². The van der Waals surface area contributed by atoms with E-state index in [0.29, 0.717) is 24.1 Å². The van der Waals surface area contributed by atoms with Crippen LogP contribution >= 0.6 is 0 Å². The molecule has 2 saturated carbocycles. The highest BCUT2D eigenvalue weighted by molar-refractivity contribution is 7.93. The maximum atomic E-state index is 12.8. The second-order valence-electron chi connectivity index (χ2n) is 7.30. The van der Waals surface area contributed by atoms with Crippen molar-refractivity contribution in [2.75, 3.05) is 16.2 Å². The molecule has 1 aliphatic heterocycles. The smallest absolute Gasteiger partial charge is 0.319 e. The van der Waals surface area contributed by atoms with Gasteiger partial charge in [0.15, 0.2) is 0 Å². The minimum atomic E-state index is -3.39. The van der Waals surface area contributed by atoms with Crippen LogP contribution in [0.15, 0.2) is 18.2 Å². The van der Waals surface area contributed by atoms with Gasteiger partial charge in [0, 0.05) is 6.54 Å². The third-order valence-electron chi connectivity index (χ3n) is 5.80. The number of nitrogens with two attached hydrogens (primary N) is 1. The van der Waals surface area contributed by atoms with Crippen LogP contribution in [0.2, 0.25) is 0 Å². The van der Waals surface area contributed by atoms with E-state index in [1.807, 2.05) is 6.07 Å². The number of amides is 2. The average Bonchev–Trinajstić information content (AvgIpc) is 3.17. The zero-order chi connectivity index (χ0) is 16.9. The summed E-state index contributed by atoms with van der Waals surface area (Å²) in [6.07, 6.45) is 5.76. The first-order valence-electron chi connectivity index (χ1n) is 8.65. The van der Waals surface area contributed by atoms with Crippen molar-refractivity contribution in [2.45, 2.75) is 43.8 Å². The molecule has 2 aliphatic carbocycles. The van der Waals surface area contributed by atoms with E-state index in [1.165, 1.54) is 11.3 Å². The summed E-state index contributed by atoms with van der Waals surface area (Å²) in [6.45, 7) is 0.574. The van der Waals surface area contributed by atoms with Gasteiger partial charge in [-0.1, -0.05) is 12.5 Å². The molecule has 1 aromatic carbocycles. The fourth-order valence-corrected chi connectivity index (χ4v) is 6.56. The monoisotopic (exact) mass is 349 g/mol. The normalized spacial score (nSPS) is 28.7. The van der Waals surface area contributed by atoms with Gasteiger partial charge in [0.2, 0.25) is 10.0 Å². The molecule has 0 saturated heterocycles. The molecule has 2 fully saturated rings. The number of primary amides is 1. The molecule has 130 valence electrons. The van der Waals surface area contributed by atoms with E-state index in [-0.39, 0.29) is 5.25 Å². The lowest BCUT2D eigenvalue weighted by atomic mass is 10.0. The number of carbonyl (C=O) groups is 1. The quantitative estimate of drug-likeness (QED) is 0.878. The zero-order valence-electron chi connectivity index (χ0n) is 13.6. The van der Waals surface area contributed by atoms with Crippen LogP contribution in [0.3, 0.4) is 0 Å². The van der Waals surface area contributed by atoms with E-state index in [0.717, 1.165) is 43.4 Å². The molecule has 3 aliphatic rings. The summed E-state index contributed by atoms with van der Waals surface area (Å²) in [6, 6.07) is 4.92. The largest absolute Gasteiger partial charge is 0.351 e. The summed E-state index contributed by atoms with van der Waals surface area (Å²) >= 11 is 0. The van der Waals surface area contributed by atoms with Crippen molar-refractivity contribution in [2.24, 2.45) is 17.6 Å². The Morgan fingerprint density at radius 3 is 2.75 bits per heavy atom. The minimum Gasteiger partial charge on any atom is -0.351 e. The Labute approximate surface area is 142 Å². The lowest BCUT2D eigenvalue weighted by Crippen LogP contribution is -2.39. The second-order valence-corrected chi connectivity index (χ2v) is 9.20. The molecule has 0 aromatic heterocycles. The molecule has 24 heavy (non-hydrogen) atoms. The number of fused-ring (bicyclic) bond motifs is 3. The molecular formula is C17H23N3O3S. The number of urea groups is 1. The highest BCUT2D eigenvalue weighted by Crippen LogP contribution is 2.47. The Morgan fingerprint density at radius 1 is 1.25 bits per heavy atom. The molecule has 4 rings (SSSR count). The van der Waals surface area contributed by atoms with E-state index < -0.39 is 16.1 Å². The van der Waals surface area contributed by atoms with Crippen LogP contribution in [0.25, 0.3) is 0 Å². The molecule has 6 nitrogen and oxygen atoms in total. The van der Waals surface area contributed by atoms with Crippen molar-refractivity contribution in [1.29, 1.82) is 0 Å². The van der Waals surface area contributed by atoms with Crippen LogP contribution in [0.5, 0.6) is 0 Å². The number of anilines is 2. The van der Waals surface area contributed by atoms with Crippen LogP contribution in [-0.2, 0) is 16.4 Å². The topological polar surface area (TPSA) is 92.5 Å². The zero-order valence-corrected chi connectivity index (χ0v) is 14.4. The first kappa shape index (κ1) is 15.7. The van der Waals surface area contributed by atoms with Crippen LogP contribution in [0.4, 0.5) is 16.2 Å². The van der Waals surface area contributed by atoms with Gasteiger partial charge in [-0.3, -0.25) is 9.62 Å². The van der Waals surface area contributed by atoms with E-state index >= 15 is 0 Å². The third kappa shape index (κ3) is 2.64. The molecule has 2 bridgehead atoms. The summed E-state index contributed by atoms with van der Waals surface area (Å²) in [5.41, 5.74) is 7.72. The summed E-state index contributed by atoms with van der Waals surface area (Å²) in [4.78, 5) is 13.1. The number of hydrogen-bond acceptors (Lipinski definition) is 3. The molecule has 7 heteroatoms. The predicted molar refractivity (Wildman–Crippen MR) is 93.5 cm³/mol. The van der Waals surface area contributed by atoms with Gasteiger partial charge in [-0.15, -0.1) is 0 Å². The predicted octanol–water partition coefficient (Wildman–Crippen LogP) is 2.45. The van der Waals surface area contributed by atoms with Gasteiger partial charge in [-0.25, -0.2) is 13.2 Å². The average molecular weight is 349 g/mol. The Balaban J connectivity index is 1.59. The Bertz CT molecular complexity index is 777. The maximum Gasteiger partial charge on any atom is 0.319 e. The fraction of sp³-hybridized carbons (Fsp3) is 0.588. The molecular weight excluding hydrogens is 326 g/mol. The van der Waals surface area contributed by atoms with Gasteiger partial charge in [-0.2, -0.15) is 0 Å². The third-order valence-corrected chi connectivity index (χ3v) is 7.70. The molecule has 1 unspecified atom stereocenters. The van der Waals surface area contributed by atoms with Gasteiger partial charge in [-0.05, 0) is 61.6 Å². The van der Waals surface area contributed by atoms with Gasteiger partial charge in [0.25, 0.3) is 0 Å². The standard InChI is InChI=1S/C17H23N3O3S/c18-17(21)20-7-1-2-12-5-6-14(10-15(12)20)19-24(22,23)16-9-11-3-4-13(16)8-11/h5-6,10-11,13,16,19H,1-4,7-9H2,(H2,18,21)/t11-,13+,16?/m1/s1. The highest BCUT2D eigenvalue weighted by atomic mass is 32.2. The fourth-order valence-electron chi connectivity index (χ4n) is 4.67. The van der Waals surface area contributed by atoms with Crippen molar-refractivity contribution >= 4 is 27.4 Å². The number of nitrogens with zero attached hydrogens (tertiary/aromatic N) is 1. The summed E-state index contributed by atoms with van der Waals surface area (Å²) in [5.74, 6) is 0.873. The molecule has 0 radical (unpaired) electrons. The minimum absolute atomic E-state index is 0.278. The number of carbonyl (C=O) groups excluding carboxylic acids is 1. The van der Waals surface area contributed by atoms with Gasteiger partial charge in [0.1, 0.15) is 0 Å². The highest BCUT2D eigenvalue weighted by Gasteiger charge is 2.46. The molecule has 0 spiro atoms. The lowest BCUT2D eigenvalue weighted by molar-refractivity contribution is 0.253. The van der Waals surface area contributed by atoms with E-state index in [4.69, 9.17) is 5.73 Å². The molecule has 1 aromatic rings. The molecule has 1 heterocycles. The first-order valence-corrected chi connectivity index (χ1v) is 10.2. The van der Waals surface area contributed by atoms with Crippen molar-refractivity contribution < 1.29 is 13.2 Å². The number of benzene rings is 1. The number of hydrogen-bond donors (Lipinski definition) is 2. The van der Waals surface area contributed by atoms with Gasteiger partial charge >= 0.3 is 6.03 Å². The van der Waals surface area contributed by atoms with E-state index in [2.05, 4.69) is 4.72 Å². The summed E-state index contributed by atoms with van der Waals surface area (Å²) in [5, 5.41) is -0.278. The van der Waals surface area contributed by atoms with Crippen molar-refractivity contribution in [1.82, 2.24) is 0 Å². The summed E-state index contributed by atoms with van der Waals surface area (Å²) in [7, 11) is -3.39. The van der Waals surface area contributed by atoms with E-state index in [9.17, 15) is 13.2 Å². The Morgan fingerprint density at radius 2 is 2.08 bits per heavy atom. The Kier molecular flexibility index (Phi) is 3.71. The molecule has 3 N–H and O–H groups in total. The Hall–Kier alpha value is -1.76. The molecule has 3 atom stereocenters. The maximum absolute atomic E-state index is 12.8. The van der Waals surface area contributed by atoms with Crippen LogP contribution < -0.4 is 15.4 Å². The first-order chi connectivity index (χ1) is 11.4. The van der Waals surface area contributed by atoms with Crippen molar-refractivity contribution in [3.8, 4) is 0 Å². The SMILES string of the molecule is NC(=O)N1CCCc2ccc(NS(=O)(=O)C3C[C@@H]4CC[C@H]3C4)cc21. The van der Waals surface area contributed by atoms with Crippen LogP contribution in [-0.4, -0.2) is 26.2 Å². The second kappa shape index (κ2) is 5.65. The number of aryl methyl sites for hydroxylation is 1. The van der Waals surface area contributed by atoms with Gasteiger partial charge in [0.05, 0.1) is 16.6 Å². The van der Waals surface area contributed by atoms with Crippen molar-refractivity contribution in [3.63, 3.8) is 0 Å². The number of sulfonamides is 1. The number of nitrogens with one attached hydrogen (secondary N) is 1. The lowest BCUT2D eigenvalue weighted by Gasteiger charge is -2.29. The molecule has 2 amide bonds. The van der Waals surface area contributed by atoms with Gasteiger partial charge < -0.3 is 5.73 Å². The van der Waals surface area contributed by atoms with Crippen LogP contribution in [0, 0.1) is 11.8 Å².